The van der Waals surface area contributed by atoms with Gasteiger partial charge in [-0.1, -0.05) is 0 Å². The average Bonchev–Trinajstić information content (AvgIpc) is 2.56. The van der Waals surface area contributed by atoms with Gasteiger partial charge in [0.2, 0.25) is 5.95 Å². The Morgan fingerprint density at radius 2 is 2.12 bits per heavy atom. The number of amides is 1. The second-order valence-electron chi connectivity index (χ2n) is 6.25. The largest absolute Gasteiger partial charge is 0.495 e. The minimum atomic E-state index is -0.341. The van der Waals surface area contributed by atoms with Gasteiger partial charge in [-0.2, -0.15) is 0 Å². The Morgan fingerprint density at radius 3 is 2.76 bits per heavy atom. The number of carbonyl (C=O) groups excluding carboxylic acids is 1. The Bertz CT molecular complexity index is 756. The molecule has 8 nitrogen and oxygen atoms in total. The molecule has 2 aromatic heterocycles. The lowest BCUT2D eigenvalue weighted by Crippen LogP contribution is -2.41. The fraction of sp³-hybridized carbons (Fsp3) is 0.412. The summed E-state index contributed by atoms with van der Waals surface area (Å²) in [4.78, 5) is 24.8. The van der Waals surface area contributed by atoms with Crippen molar-refractivity contribution in [3.8, 4) is 5.75 Å². The number of hydrogen-bond donors (Lipinski definition) is 3. The van der Waals surface area contributed by atoms with Crippen LogP contribution in [-0.4, -0.2) is 39.2 Å². The SMILES string of the molecule is COc1cncc(C(NC(=O)c2cc(C)nc(N)n2)C2CC(O)C2)c1. The molecule has 3 rings (SSSR count). The molecule has 0 radical (unpaired) electrons. The first kappa shape index (κ1) is 17.1. The molecule has 1 aliphatic rings. The van der Waals surface area contributed by atoms with E-state index in [0.29, 0.717) is 24.3 Å². The molecule has 2 heterocycles. The summed E-state index contributed by atoms with van der Waals surface area (Å²) < 4.78 is 5.22. The molecule has 1 aliphatic carbocycles. The van der Waals surface area contributed by atoms with Crippen molar-refractivity contribution in [2.75, 3.05) is 12.8 Å². The molecule has 2 aromatic rings. The van der Waals surface area contributed by atoms with Gasteiger partial charge >= 0.3 is 0 Å². The second-order valence-corrected chi connectivity index (χ2v) is 6.25. The van der Waals surface area contributed by atoms with E-state index in [1.165, 1.54) is 0 Å². The number of methoxy groups -OCH3 is 1. The Labute approximate surface area is 145 Å². The summed E-state index contributed by atoms with van der Waals surface area (Å²) in [5.41, 5.74) is 7.29. The van der Waals surface area contributed by atoms with Crippen LogP contribution in [-0.2, 0) is 0 Å². The molecule has 0 aliphatic heterocycles. The lowest BCUT2D eigenvalue weighted by Gasteiger charge is -2.38. The molecule has 0 spiro atoms. The lowest BCUT2D eigenvalue weighted by atomic mass is 9.75. The number of carbonyl (C=O) groups is 1. The van der Waals surface area contributed by atoms with Crippen molar-refractivity contribution >= 4 is 11.9 Å². The van der Waals surface area contributed by atoms with Crippen molar-refractivity contribution in [2.45, 2.75) is 31.9 Å². The number of hydrogen-bond acceptors (Lipinski definition) is 7. The molecule has 1 unspecified atom stereocenters. The number of aliphatic hydroxyl groups excluding tert-OH is 1. The van der Waals surface area contributed by atoms with Crippen molar-refractivity contribution in [2.24, 2.45) is 5.92 Å². The van der Waals surface area contributed by atoms with Gasteiger partial charge in [0, 0.05) is 11.9 Å². The zero-order chi connectivity index (χ0) is 18.0. The molecule has 4 N–H and O–H groups in total. The van der Waals surface area contributed by atoms with E-state index in [0.717, 1.165) is 5.56 Å². The van der Waals surface area contributed by atoms with Gasteiger partial charge in [-0.25, -0.2) is 9.97 Å². The first-order chi connectivity index (χ1) is 12.0. The van der Waals surface area contributed by atoms with Crippen molar-refractivity contribution < 1.29 is 14.6 Å². The molecule has 1 fully saturated rings. The van der Waals surface area contributed by atoms with E-state index in [9.17, 15) is 9.90 Å². The summed E-state index contributed by atoms with van der Waals surface area (Å²) in [6.45, 7) is 1.75. The molecule has 25 heavy (non-hydrogen) atoms. The predicted molar refractivity (Wildman–Crippen MR) is 90.9 cm³/mol. The second kappa shape index (κ2) is 7.02. The van der Waals surface area contributed by atoms with Crippen LogP contribution in [0.15, 0.2) is 24.5 Å². The van der Waals surface area contributed by atoms with Crippen molar-refractivity contribution in [3.05, 3.63) is 41.5 Å². The van der Waals surface area contributed by atoms with E-state index in [-0.39, 0.29) is 35.6 Å². The van der Waals surface area contributed by atoms with Crippen molar-refractivity contribution in [3.63, 3.8) is 0 Å². The molecule has 132 valence electrons. The van der Waals surface area contributed by atoms with Gasteiger partial charge in [0.1, 0.15) is 11.4 Å². The quantitative estimate of drug-likeness (QED) is 0.740. The zero-order valence-electron chi connectivity index (χ0n) is 14.1. The van der Waals surface area contributed by atoms with E-state index in [1.807, 2.05) is 6.07 Å². The van der Waals surface area contributed by atoms with Gasteiger partial charge in [-0.3, -0.25) is 9.78 Å². The first-order valence-electron chi connectivity index (χ1n) is 8.05. The number of aromatic nitrogens is 3. The maximum Gasteiger partial charge on any atom is 0.270 e. The highest BCUT2D eigenvalue weighted by Crippen LogP contribution is 2.38. The number of pyridine rings is 1. The first-order valence-corrected chi connectivity index (χ1v) is 8.05. The van der Waals surface area contributed by atoms with Crippen molar-refractivity contribution in [1.82, 2.24) is 20.3 Å². The maximum absolute atomic E-state index is 12.6. The summed E-state index contributed by atoms with van der Waals surface area (Å²) in [6, 6.07) is 3.12. The monoisotopic (exact) mass is 343 g/mol. The molecular formula is C17H21N5O3. The number of rotatable bonds is 5. The van der Waals surface area contributed by atoms with Gasteiger partial charge in [-0.05, 0) is 43.4 Å². The molecular weight excluding hydrogens is 322 g/mol. The van der Waals surface area contributed by atoms with E-state index < -0.39 is 0 Å². The van der Waals surface area contributed by atoms with Crippen LogP contribution in [0.5, 0.6) is 5.75 Å². The number of nitrogens with two attached hydrogens (primary N) is 1. The Morgan fingerprint density at radius 1 is 1.36 bits per heavy atom. The van der Waals surface area contributed by atoms with Crippen LogP contribution < -0.4 is 15.8 Å². The molecule has 0 bridgehead atoms. The van der Waals surface area contributed by atoms with E-state index in [4.69, 9.17) is 10.5 Å². The highest BCUT2D eigenvalue weighted by atomic mass is 16.5. The normalized spacial score (nSPS) is 20.4. The van der Waals surface area contributed by atoms with Crippen LogP contribution in [0.25, 0.3) is 0 Å². The van der Waals surface area contributed by atoms with Gasteiger partial charge < -0.3 is 20.9 Å². The summed E-state index contributed by atoms with van der Waals surface area (Å²) >= 11 is 0. The van der Waals surface area contributed by atoms with Crippen LogP contribution in [0, 0.1) is 12.8 Å². The number of nitrogens with zero attached hydrogens (tertiary/aromatic N) is 3. The summed E-state index contributed by atoms with van der Waals surface area (Å²) in [5.74, 6) is 0.446. The third-order valence-corrected chi connectivity index (χ3v) is 4.34. The van der Waals surface area contributed by atoms with E-state index in [2.05, 4.69) is 20.3 Å². The fourth-order valence-corrected chi connectivity index (χ4v) is 3.02. The van der Waals surface area contributed by atoms with E-state index in [1.54, 1.807) is 32.5 Å². The summed E-state index contributed by atoms with van der Waals surface area (Å²) in [7, 11) is 1.56. The Kier molecular flexibility index (Phi) is 4.80. The Balaban J connectivity index is 1.85. The van der Waals surface area contributed by atoms with Crippen LogP contribution in [0.3, 0.4) is 0 Å². The molecule has 1 saturated carbocycles. The minimum Gasteiger partial charge on any atom is -0.495 e. The lowest BCUT2D eigenvalue weighted by molar-refractivity contribution is 0.0234. The highest BCUT2D eigenvalue weighted by Gasteiger charge is 2.36. The van der Waals surface area contributed by atoms with Crippen LogP contribution in [0.1, 0.15) is 40.6 Å². The smallest absolute Gasteiger partial charge is 0.270 e. The molecule has 0 saturated heterocycles. The summed E-state index contributed by atoms with van der Waals surface area (Å²) in [6.07, 6.45) is 4.20. The zero-order valence-corrected chi connectivity index (χ0v) is 14.1. The standard InChI is InChI=1S/C17H21N5O3/c1-9-3-14(21-17(18)20-9)16(24)22-15(10-4-12(23)5-10)11-6-13(25-2)8-19-7-11/h3,6-8,10,12,15,23H,4-5H2,1-2H3,(H,22,24)(H2,18,20,21). The highest BCUT2D eigenvalue weighted by molar-refractivity contribution is 5.92. The van der Waals surface area contributed by atoms with E-state index >= 15 is 0 Å². The third kappa shape index (κ3) is 3.85. The number of aryl methyl sites for hydroxylation is 1. The van der Waals surface area contributed by atoms with Gasteiger partial charge in [0.15, 0.2) is 0 Å². The van der Waals surface area contributed by atoms with Crippen molar-refractivity contribution in [1.29, 1.82) is 0 Å². The number of aliphatic hydroxyl groups is 1. The number of ether oxygens (including phenoxy) is 1. The van der Waals surface area contributed by atoms with Gasteiger partial charge in [0.05, 0.1) is 25.5 Å². The predicted octanol–water partition coefficient (Wildman–Crippen LogP) is 1.01. The molecule has 1 atom stereocenters. The maximum atomic E-state index is 12.6. The van der Waals surface area contributed by atoms with Crippen LogP contribution in [0.2, 0.25) is 0 Å². The Hall–Kier alpha value is -2.74. The van der Waals surface area contributed by atoms with Crippen LogP contribution in [0.4, 0.5) is 5.95 Å². The van der Waals surface area contributed by atoms with Crippen LogP contribution >= 0.6 is 0 Å². The number of nitrogens with one attached hydrogen (secondary N) is 1. The number of nitrogen functional groups attached to an aromatic ring is 1. The fourth-order valence-electron chi connectivity index (χ4n) is 3.02. The summed E-state index contributed by atoms with van der Waals surface area (Å²) in [5, 5.41) is 12.6. The van der Waals surface area contributed by atoms with Gasteiger partial charge in [-0.15, -0.1) is 0 Å². The molecule has 8 heteroatoms. The third-order valence-electron chi connectivity index (χ3n) is 4.34. The van der Waals surface area contributed by atoms with Gasteiger partial charge in [0.25, 0.3) is 5.91 Å². The average molecular weight is 343 g/mol. The molecule has 0 aromatic carbocycles. The topological polar surface area (TPSA) is 123 Å². The number of anilines is 1. The minimum absolute atomic E-state index is 0.0591. The molecule has 1 amide bonds.